The zero-order valence-electron chi connectivity index (χ0n) is 26.9. The Kier molecular flexibility index (Phi) is 8.21. The summed E-state index contributed by atoms with van der Waals surface area (Å²) in [6.07, 6.45) is 7.34. The van der Waals surface area contributed by atoms with Gasteiger partial charge < -0.3 is 24.6 Å². The van der Waals surface area contributed by atoms with E-state index in [1.165, 1.54) is 11.1 Å². The third-order valence-corrected chi connectivity index (χ3v) is 8.37. The van der Waals surface area contributed by atoms with Crippen molar-refractivity contribution in [2.75, 3.05) is 37.7 Å². The molecule has 13 heteroatoms. The second-order valence-corrected chi connectivity index (χ2v) is 13.5. The molecule has 4 aromatic heterocycles. The van der Waals surface area contributed by atoms with Gasteiger partial charge in [-0.25, -0.2) is 18.7 Å². The summed E-state index contributed by atoms with van der Waals surface area (Å²) in [4.78, 5) is 37.3. The van der Waals surface area contributed by atoms with Crippen LogP contribution in [0.15, 0.2) is 61.2 Å². The number of rotatable bonds is 7. The van der Waals surface area contributed by atoms with Crippen LogP contribution in [0.3, 0.4) is 0 Å². The summed E-state index contributed by atoms with van der Waals surface area (Å²) in [7, 11) is 0. The maximum atomic E-state index is 15.4. The highest BCUT2D eigenvalue weighted by Crippen LogP contribution is 2.34. The maximum absolute atomic E-state index is 15.4. The molecule has 0 atom stereocenters. The van der Waals surface area contributed by atoms with Crippen LogP contribution in [0, 0.1) is 11.3 Å². The standard InChI is InChI=1S/C34H37FN8O4/c1-32(2,3)47-31(45)42-20-34(35,21-42)22-46-25-15-26(29-24(16-36)18-39-43(29)19-25)23-8-9-28(38-17-23)41-13-10-33(4,11-14-41)40-30(44)27-7-5-6-12-37-27/h5-9,12,15,17-19H,10-11,13-14,20-22H2,1-4H3,(H,40,44). The number of carbonyl (C=O) groups is 2. The van der Waals surface area contributed by atoms with Crippen molar-refractivity contribution in [3.63, 3.8) is 0 Å². The van der Waals surface area contributed by atoms with Crippen LogP contribution in [0.5, 0.6) is 5.75 Å². The molecule has 244 valence electrons. The second kappa shape index (κ2) is 12.2. The number of fused-ring (bicyclic) bond motifs is 1. The molecule has 12 nitrogen and oxygen atoms in total. The molecular formula is C34H37FN8O4. The monoisotopic (exact) mass is 640 g/mol. The van der Waals surface area contributed by atoms with Crippen molar-refractivity contribution in [2.24, 2.45) is 0 Å². The number of nitrogens with one attached hydrogen (secondary N) is 1. The molecule has 4 aromatic rings. The number of hydrogen-bond acceptors (Lipinski definition) is 9. The number of alkyl halides is 1. The minimum atomic E-state index is -1.72. The number of nitriles is 1. The Labute approximate surface area is 272 Å². The zero-order valence-corrected chi connectivity index (χ0v) is 26.9. The van der Waals surface area contributed by atoms with Gasteiger partial charge in [0.2, 0.25) is 0 Å². The van der Waals surface area contributed by atoms with E-state index in [1.54, 1.807) is 68.1 Å². The number of hydrogen-bond donors (Lipinski definition) is 1. The number of ether oxygens (including phenoxy) is 2. The van der Waals surface area contributed by atoms with Gasteiger partial charge in [0.15, 0.2) is 5.67 Å². The number of aromatic nitrogens is 4. The van der Waals surface area contributed by atoms with E-state index in [4.69, 9.17) is 14.5 Å². The number of nitrogens with zero attached hydrogens (tertiary/aromatic N) is 7. The van der Waals surface area contributed by atoms with E-state index in [9.17, 15) is 14.9 Å². The molecule has 2 amide bonds. The highest BCUT2D eigenvalue weighted by molar-refractivity contribution is 5.92. The number of anilines is 1. The maximum Gasteiger partial charge on any atom is 0.410 e. The number of amides is 2. The van der Waals surface area contributed by atoms with E-state index in [1.807, 2.05) is 19.1 Å². The summed E-state index contributed by atoms with van der Waals surface area (Å²) in [5, 5.41) is 17.2. The summed E-state index contributed by atoms with van der Waals surface area (Å²) >= 11 is 0. The van der Waals surface area contributed by atoms with Crippen molar-refractivity contribution < 1.29 is 23.5 Å². The van der Waals surface area contributed by atoms with Crippen molar-refractivity contribution in [1.29, 1.82) is 5.26 Å². The van der Waals surface area contributed by atoms with Crippen LogP contribution in [-0.4, -0.2) is 86.1 Å². The SMILES string of the molecule is CC1(NC(=O)c2ccccn2)CCN(c2ccc(-c3cc(OCC4(F)CN(C(=O)OC(C)(C)C)C4)cn4ncc(C#N)c34)cn2)CC1. The third kappa shape index (κ3) is 6.96. The quantitative estimate of drug-likeness (QED) is 0.302. The zero-order chi connectivity index (χ0) is 33.4. The van der Waals surface area contributed by atoms with Crippen LogP contribution in [-0.2, 0) is 4.74 Å². The predicted octanol–water partition coefficient (Wildman–Crippen LogP) is 4.79. The molecule has 0 radical (unpaired) electrons. The van der Waals surface area contributed by atoms with Crippen molar-refractivity contribution in [1.82, 2.24) is 29.8 Å². The number of carbonyl (C=O) groups excluding carboxylic acids is 2. The normalized spacial score (nSPS) is 17.0. The molecule has 0 unspecified atom stereocenters. The van der Waals surface area contributed by atoms with Gasteiger partial charge in [-0.2, -0.15) is 10.4 Å². The minimum Gasteiger partial charge on any atom is -0.488 e. The predicted molar refractivity (Wildman–Crippen MR) is 172 cm³/mol. The molecule has 0 aromatic carbocycles. The first kappa shape index (κ1) is 31.7. The lowest BCUT2D eigenvalue weighted by atomic mass is 9.89. The Balaban J connectivity index is 1.13. The molecule has 1 N–H and O–H groups in total. The molecule has 0 aliphatic carbocycles. The van der Waals surface area contributed by atoms with E-state index >= 15 is 4.39 Å². The highest BCUT2D eigenvalue weighted by atomic mass is 19.1. The molecule has 6 rings (SSSR count). The summed E-state index contributed by atoms with van der Waals surface area (Å²) in [6.45, 7) is 8.22. The summed E-state index contributed by atoms with van der Waals surface area (Å²) < 4.78 is 28.1. The second-order valence-electron chi connectivity index (χ2n) is 13.5. The van der Waals surface area contributed by atoms with Crippen LogP contribution < -0.4 is 15.0 Å². The first-order chi connectivity index (χ1) is 22.3. The van der Waals surface area contributed by atoms with E-state index in [0.29, 0.717) is 41.2 Å². The summed E-state index contributed by atoms with van der Waals surface area (Å²) in [5.41, 5.74) is 0.0149. The Morgan fingerprint density at radius 2 is 1.87 bits per heavy atom. The van der Waals surface area contributed by atoms with Gasteiger partial charge in [-0.15, -0.1) is 0 Å². The Bertz CT molecular complexity index is 1820. The number of likely N-dealkylation sites (tertiary alicyclic amines) is 1. The van der Waals surface area contributed by atoms with Gasteiger partial charge in [-0.3, -0.25) is 9.78 Å². The molecule has 0 spiro atoms. The van der Waals surface area contributed by atoms with Crippen molar-refractivity contribution in [3.8, 4) is 22.9 Å². The molecule has 2 aliphatic rings. The third-order valence-electron chi connectivity index (χ3n) is 8.37. The lowest BCUT2D eigenvalue weighted by molar-refractivity contribution is -0.0686. The van der Waals surface area contributed by atoms with E-state index in [0.717, 1.165) is 24.2 Å². The van der Waals surface area contributed by atoms with E-state index < -0.39 is 17.4 Å². The van der Waals surface area contributed by atoms with Crippen molar-refractivity contribution >= 4 is 23.3 Å². The lowest BCUT2D eigenvalue weighted by Gasteiger charge is -2.43. The topological polar surface area (TPSA) is 138 Å². The average Bonchev–Trinajstić information content (AvgIpc) is 3.45. The van der Waals surface area contributed by atoms with Gasteiger partial charge in [0, 0.05) is 42.1 Å². The first-order valence-electron chi connectivity index (χ1n) is 15.5. The van der Waals surface area contributed by atoms with Crippen LogP contribution in [0.2, 0.25) is 0 Å². The fraction of sp³-hybridized carbons (Fsp3) is 0.412. The summed E-state index contributed by atoms with van der Waals surface area (Å²) in [6, 6.07) is 13.1. The van der Waals surface area contributed by atoms with Crippen LogP contribution in [0.4, 0.5) is 15.0 Å². The molecule has 47 heavy (non-hydrogen) atoms. The van der Waals surface area contributed by atoms with Crippen molar-refractivity contribution in [2.45, 2.75) is 57.3 Å². The molecule has 6 heterocycles. The average molecular weight is 641 g/mol. The lowest BCUT2D eigenvalue weighted by Crippen LogP contribution is -2.64. The van der Waals surface area contributed by atoms with Gasteiger partial charge in [-0.05, 0) is 70.9 Å². The number of halogens is 1. The van der Waals surface area contributed by atoms with Gasteiger partial charge in [0.05, 0.1) is 36.6 Å². The number of piperidine rings is 1. The fourth-order valence-corrected chi connectivity index (χ4v) is 5.80. The fourth-order valence-electron chi connectivity index (χ4n) is 5.80. The molecule has 0 bridgehead atoms. The minimum absolute atomic E-state index is 0.130. The number of pyridine rings is 3. The molecule has 2 fully saturated rings. The van der Waals surface area contributed by atoms with E-state index in [-0.39, 0.29) is 31.1 Å². The Morgan fingerprint density at radius 1 is 1.11 bits per heavy atom. The van der Waals surface area contributed by atoms with Crippen LogP contribution >= 0.6 is 0 Å². The largest absolute Gasteiger partial charge is 0.488 e. The van der Waals surface area contributed by atoms with E-state index in [2.05, 4.69) is 26.4 Å². The first-order valence-corrected chi connectivity index (χ1v) is 15.5. The van der Waals surface area contributed by atoms with Gasteiger partial charge in [0.1, 0.15) is 35.5 Å². The Hall–Kier alpha value is -5.25. The van der Waals surface area contributed by atoms with Crippen LogP contribution in [0.25, 0.3) is 16.6 Å². The van der Waals surface area contributed by atoms with Gasteiger partial charge in [-0.1, -0.05) is 6.07 Å². The molecular weight excluding hydrogens is 603 g/mol. The van der Waals surface area contributed by atoms with Gasteiger partial charge in [0.25, 0.3) is 5.91 Å². The van der Waals surface area contributed by atoms with Crippen molar-refractivity contribution in [3.05, 3.63) is 72.4 Å². The molecule has 0 saturated carbocycles. The smallest absolute Gasteiger partial charge is 0.410 e. The molecule has 2 aliphatic heterocycles. The summed E-state index contributed by atoms with van der Waals surface area (Å²) in [5.74, 6) is 0.971. The molecule has 2 saturated heterocycles. The Morgan fingerprint density at radius 3 is 2.51 bits per heavy atom. The van der Waals surface area contributed by atoms with Gasteiger partial charge >= 0.3 is 6.09 Å². The highest BCUT2D eigenvalue weighted by Gasteiger charge is 2.48. The van der Waals surface area contributed by atoms with Crippen LogP contribution in [0.1, 0.15) is 56.6 Å².